The lowest BCUT2D eigenvalue weighted by molar-refractivity contribution is -0.137. The van der Waals surface area contributed by atoms with Crippen molar-refractivity contribution in [2.75, 3.05) is 0 Å². The summed E-state index contributed by atoms with van der Waals surface area (Å²) in [6.45, 7) is 0.569. The van der Waals surface area contributed by atoms with E-state index in [0.29, 0.717) is 12.2 Å². The lowest BCUT2D eigenvalue weighted by Crippen LogP contribution is -2.26. The van der Waals surface area contributed by atoms with Gasteiger partial charge in [-0.05, 0) is 23.8 Å². The average molecular weight is 409 g/mol. The molecule has 0 saturated heterocycles. The molecule has 4 aromatic rings. The normalized spacial score (nSPS) is 11.6. The summed E-state index contributed by atoms with van der Waals surface area (Å²) < 4.78 is 41.4. The van der Waals surface area contributed by atoms with Crippen LogP contribution in [0.4, 0.5) is 13.2 Å². The molecule has 0 aliphatic heterocycles. The van der Waals surface area contributed by atoms with Crippen molar-refractivity contribution < 1.29 is 18.0 Å². The minimum absolute atomic E-state index is 0.0212. The molecule has 0 atom stereocenters. The highest BCUT2D eigenvalue weighted by atomic mass is 19.4. The fraction of sp³-hybridized carbons (Fsp3) is 0.130. The van der Waals surface area contributed by atoms with E-state index in [9.17, 15) is 18.0 Å². The molecule has 1 N–H and O–H groups in total. The van der Waals surface area contributed by atoms with Crippen LogP contribution >= 0.6 is 0 Å². The molecule has 0 aliphatic rings. The molecule has 152 valence electrons. The smallest absolute Gasteiger partial charge is 0.346 e. The van der Waals surface area contributed by atoms with Gasteiger partial charge < -0.3 is 5.32 Å². The number of fused-ring (bicyclic) bond motifs is 1. The second-order valence-corrected chi connectivity index (χ2v) is 6.83. The van der Waals surface area contributed by atoms with Crippen LogP contribution in [0.15, 0.2) is 78.9 Å². The van der Waals surface area contributed by atoms with Crippen molar-refractivity contribution in [3.63, 3.8) is 0 Å². The topological polar surface area (TPSA) is 46.9 Å². The van der Waals surface area contributed by atoms with Crippen molar-refractivity contribution in [1.82, 2.24) is 15.1 Å². The third-order valence-corrected chi connectivity index (χ3v) is 4.80. The summed E-state index contributed by atoms with van der Waals surface area (Å²) in [6, 6.07) is 22.1. The number of para-hydroxylation sites is 1. The number of carbonyl (C=O) groups excluding carboxylic acids is 1. The van der Waals surface area contributed by atoms with Crippen molar-refractivity contribution in [2.45, 2.75) is 19.3 Å². The molecule has 1 amide bonds. The molecule has 7 heteroatoms. The van der Waals surface area contributed by atoms with Crippen LogP contribution in [-0.4, -0.2) is 15.7 Å². The summed E-state index contributed by atoms with van der Waals surface area (Å²) in [4.78, 5) is 12.5. The second-order valence-electron chi connectivity index (χ2n) is 6.83. The molecule has 4 rings (SSSR count). The zero-order valence-electron chi connectivity index (χ0n) is 15.9. The lowest BCUT2D eigenvalue weighted by Gasteiger charge is -2.12. The maximum Gasteiger partial charge on any atom is 0.417 e. The molecule has 3 aromatic carbocycles. The molecule has 0 spiro atoms. The Hall–Kier alpha value is -3.61. The summed E-state index contributed by atoms with van der Waals surface area (Å²) >= 11 is 0. The monoisotopic (exact) mass is 409 g/mol. The number of halogens is 3. The third-order valence-electron chi connectivity index (χ3n) is 4.80. The van der Waals surface area contributed by atoms with Crippen LogP contribution in [0.2, 0.25) is 0 Å². The Morgan fingerprint density at radius 2 is 1.57 bits per heavy atom. The lowest BCUT2D eigenvalue weighted by atomic mass is 10.1. The van der Waals surface area contributed by atoms with E-state index in [4.69, 9.17) is 0 Å². The fourth-order valence-corrected chi connectivity index (χ4v) is 3.39. The Morgan fingerprint density at radius 1 is 0.900 bits per heavy atom. The molecule has 1 heterocycles. The number of alkyl halides is 3. The summed E-state index contributed by atoms with van der Waals surface area (Å²) in [5.41, 5.74) is 1.20. The van der Waals surface area contributed by atoms with Crippen molar-refractivity contribution in [3.8, 4) is 0 Å². The SMILES string of the molecule is O=C(NCc1nn(Cc2ccccc2)c2ccccc12)c1ccccc1C(F)(F)F. The van der Waals surface area contributed by atoms with E-state index in [-0.39, 0.29) is 6.54 Å². The van der Waals surface area contributed by atoms with Crippen LogP contribution in [0.5, 0.6) is 0 Å². The van der Waals surface area contributed by atoms with Gasteiger partial charge in [-0.1, -0.05) is 60.7 Å². The summed E-state index contributed by atoms with van der Waals surface area (Å²) in [5, 5.41) is 8.03. The number of amides is 1. The first kappa shape index (κ1) is 19.7. The zero-order valence-corrected chi connectivity index (χ0v) is 15.9. The quantitative estimate of drug-likeness (QED) is 0.502. The molecule has 0 aliphatic carbocycles. The van der Waals surface area contributed by atoms with Gasteiger partial charge >= 0.3 is 6.18 Å². The summed E-state index contributed by atoms with van der Waals surface area (Å²) in [7, 11) is 0. The van der Waals surface area contributed by atoms with E-state index in [1.165, 1.54) is 18.2 Å². The van der Waals surface area contributed by atoms with Crippen molar-refractivity contribution in [2.24, 2.45) is 0 Å². The molecule has 0 saturated carbocycles. The van der Waals surface area contributed by atoms with Crippen LogP contribution in [0.25, 0.3) is 10.9 Å². The third kappa shape index (κ3) is 4.05. The molecular weight excluding hydrogens is 391 g/mol. The minimum atomic E-state index is -4.60. The van der Waals surface area contributed by atoms with Crippen LogP contribution in [0, 0.1) is 0 Å². The highest BCUT2D eigenvalue weighted by Crippen LogP contribution is 2.31. The average Bonchev–Trinajstić information content (AvgIpc) is 3.10. The molecule has 30 heavy (non-hydrogen) atoms. The number of carbonyl (C=O) groups is 1. The molecular formula is C23H18F3N3O. The highest BCUT2D eigenvalue weighted by molar-refractivity contribution is 5.96. The van der Waals surface area contributed by atoms with Crippen molar-refractivity contribution in [3.05, 3.63) is 101 Å². The maximum atomic E-state index is 13.2. The van der Waals surface area contributed by atoms with Crippen LogP contribution in [-0.2, 0) is 19.3 Å². The first-order valence-corrected chi connectivity index (χ1v) is 9.36. The van der Waals surface area contributed by atoms with E-state index in [0.717, 1.165) is 22.5 Å². The van der Waals surface area contributed by atoms with E-state index in [2.05, 4.69) is 10.4 Å². The predicted molar refractivity (Wildman–Crippen MR) is 108 cm³/mol. The highest BCUT2D eigenvalue weighted by Gasteiger charge is 2.34. The first-order valence-electron chi connectivity index (χ1n) is 9.36. The Bertz CT molecular complexity index is 1180. The Labute approximate surface area is 171 Å². The van der Waals surface area contributed by atoms with E-state index < -0.39 is 23.2 Å². The van der Waals surface area contributed by atoms with Crippen molar-refractivity contribution in [1.29, 1.82) is 0 Å². The van der Waals surface area contributed by atoms with E-state index in [1.54, 1.807) is 0 Å². The van der Waals surface area contributed by atoms with Crippen molar-refractivity contribution >= 4 is 16.8 Å². The Kier molecular flexibility index (Phi) is 5.27. The van der Waals surface area contributed by atoms with Gasteiger partial charge in [-0.2, -0.15) is 18.3 Å². The molecule has 0 unspecified atom stereocenters. The number of aromatic nitrogens is 2. The summed E-state index contributed by atoms with van der Waals surface area (Å²) in [6.07, 6.45) is -4.60. The van der Waals surface area contributed by atoms with Gasteiger partial charge in [0.25, 0.3) is 5.91 Å². The maximum absolute atomic E-state index is 13.2. The summed E-state index contributed by atoms with van der Waals surface area (Å²) in [5.74, 6) is -0.787. The number of hydrogen-bond donors (Lipinski definition) is 1. The Balaban J connectivity index is 1.59. The molecule has 0 fully saturated rings. The van der Waals surface area contributed by atoms with Gasteiger partial charge in [0.15, 0.2) is 0 Å². The number of rotatable bonds is 5. The predicted octanol–water partition coefficient (Wildman–Crippen LogP) is 5.03. The van der Waals surface area contributed by atoms with Gasteiger partial charge in [-0.15, -0.1) is 0 Å². The van der Waals surface area contributed by atoms with Crippen LogP contribution in [0.3, 0.4) is 0 Å². The molecule has 1 aromatic heterocycles. The molecule has 0 radical (unpaired) electrons. The van der Waals surface area contributed by atoms with Gasteiger partial charge in [-0.3, -0.25) is 9.48 Å². The molecule has 4 nitrogen and oxygen atoms in total. The second kappa shape index (κ2) is 8.02. The van der Waals surface area contributed by atoms with E-state index in [1.807, 2.05) is 59.3 Å². The van der Waals surface area contributed by atoms with E-state index >= 15 is 0 Å². The first-order chi connectivity index (χ1) is 14.4. The Morgan fingerprint density at radius 3 is 2.33 bits per heavy atom. The van der Waals surface area contributed by atoms with Crippen LogP contribution < -0.4 is 5.32 Å². The minimum Gasteiger partial charge on any atom is -0.346 e. The standard InChI is InChI=1S/C23H18F3N3O/c24-23(25,26)19-12-6-4-10-17(19)22(30)27-14-20-18-11-5-7-13-21(18)29(28-20)15-16-8-2-1-3-9-16/h1-13H,14-15H2,(H,27,30). The number of nitrogens with zero attached hydrogens (tertiary/aromatic N) is 2. The number of benzene rings is 3. The van der Waals surface area contributed by atoms with Gasteiger partial charge in [0.05, 0.1) is 35.4 Å². The zero-order chi connectivity index (χ0) is 21.1. The van der Waals surface area contributed by atoms with Gasteiger partial charge in [0.2, 0.25) is 0 Å². The van der Waals surface area contributed by atoms with Crippen LogP contribution in [0.1, 0.15) is 27.2 Å². The largest absolute Gasteiger partial charge is 0.417 e. The molecule has 0 bridgehead atoms. The van der Waals surface area contributed by atoms with Gasteiger partial charge in [-0.25, -0.2) is 0 Å². The van der Waals surface area contributed by atoms with Gasteiger partial charge in [0, 0.05) is 5.39 Å². The number of hydrogen-bond acceptors (Lipinski definition) is 2. The number of nitrogens with one attached hydrogen (secondary N) is 1. The van der Waals surface area contributed by atoms with Gasteiger partial charge in [0.1, 0.15) is 0 Å². The fourth-order valence-electron chi connectivity index (χ4n) is 3.39.